The molecule has 0 aromatic heterocycles. The van der Waals surface area contributed by atoms with E-state index in [-0.39, 0.29) is 13.1 Å². The van der Waals surface area contributed by atoms with Gasteiger partial charge in [0.15, 0.2) is 0 Å². The van der Waals surface area contributed by atoms with Crippen molar-refractivity contribution in [2.45, 2.75) is 12.6 Å². The Morgan fingerprint density at radius 1 is 1.44 bits per heavy atom. The fraction of sp³-hybridized carbons (Fsp3) is 0.273. The van der Waals surface area contributed by atoms with E-state index in [1.54, 1.807) is 0 Å². The number of nitrogens with one attached hydrogen (secondary N) is 1. The van der Waals surface area contributed by atoms with Gasteiger partial charge < -0.3 is 21.3 Å². The molecule has 7 heteroatoms. The van der Waals surface area contributed by atoms with Crippen molar-refractivity contribution in [1.29, 1.82) is 0 Å². The lowest BCUT2D eigenvalue weighted by Gasteiger charge is -2.08. The Morgan fingerprint density at radius 2 is 2.11 bits per heavy atom. The number of halogens is 1. The van der Waals surface area contributed by atoms with Gasteiger partial charge in [-0.25, -0.2) is 9.18 Å². The molecule has 1 unspecified atom stereocenters. The Balaban J connectivity index is 2.56. The molecule has 1 atom stereocenters. The molecular formula is C11H13FN2O4. The summed E-state index contributed by atoms with van der Waals surface area (Å²) in [5, 5.41) is 20.4. The van der Waals surface area contributed by atoms with E-state index in [0.29, 0.717) is 5.56 Å². The fourth-order valence-corrected chi connectivity index (χ4v) is 1.30. The lowest BCUT2D eigenvalue weighted by molar-refractivity contribution is -0.125. The molecule has 0 saturated heterocycles. The molecule has 0 saturated carbocycles. The minimum Gasteiger partial charge on any atom is -0.478 e. The van der Waals surface area contributed by atoms with E-state index in [1.165, 1.54) is 6.07 Å². The Morgan fingerprint density at radius 3 is 2.61 bits per heavy atom. The van der Waals surface area contributed by atoms with Gasteiger partial charge in [0.25, 0.3) is 0 Å². The van der Waals surface area contributed by atoms with Gasteiger partial charge in [-0.15, -0.1) is 0 Å². The van der Waals surface area contributed by atoms with Crippen LogP contribution in [0.4, 0.5) is 4.39 Å². The summed E-state index contributed by atoms with van der Waals surface area (Å²) in [7, 11) is 0. The smallest absolute Gasteiger partial charge is 0.338 e. The molecule has 0 aliphatic rings. The maximum atomic E-state index is 13.3. The molecule has 0 aliphatic carbocycles. The topological polar surface area (TPSA) is 113 Å². The average Bonchev–Trinajstić information content (AvgIpc) is 2.28. The summed E-state index contributed by atoms with van der Waals surface area (Å²) >= 11 is 0. The number of amides is 1. The Hall–Kier alpha value is -1.99. The van der Waals surface area contributed by atoms with Crippen LogP contribution in [0.25, 0.3) is 0 Å². The molecule has 1 aromatic rings. The number of carboxylic acid groups (broad SMARTS) is 1. The van der Waals surface area contributed by atoms with Crippen LogP contribution in [0.1, 0.15) is 15.9 Å². The highest BCUT2D eigenvalue weighted by atomic mass is 19.1. The Bertz CT molecular complexity index is 464. The summed E-state index contributed by atoms with van der Waals surface area (Å²) in [4.78, 5) is 21.1. The number of nitrogens with two attached hydrogens (primary N) is 1. The van der Waals surface area contributed by atoms with Crippen LogP contribution >= 0.6 is 0 Å². The predicted molar refractivity (Wildman–Crippen MR) is 60.3 cm³/mol. The molecule has 98 valence electrons. The lowest BCUT2D eigenvalue weighted by atomic mass is 10.1. The molecule has 0 fully saturated rings. The van der Waals surface area contributed by atoms with Crippen molar-refractivity contribution in [2.24, 2.45) is 5.73 Å². The third-order valence-electron chi connectivity index (χ3n) is 2.26. The van der Waals surface area contributed by atoms with E-state index in [2.05, 4.69) is 5.32 Å². The second-order valence-electron chi connectivity index (χ2n) is 3.67. The third kappa shape index (κ3) is 3.79. The Labute approximate surface area is 102 Å². The molecule has 1 rings (SSSR count). The molecule has 0 aliphatic heterocycles. The first-order valence-corrected chi connectivity index (χ1v) is 5.11. The zero-order chi connectivity index (χ0) is 13.7. The maximum Gasteiger partial charge on any atom is 0.338 e. The summed E-state index contributed by atoms with van der Waals surface area (Å²) in [6.07, 6.45) is -1.31. The van der Waals surface area contributed by atoms with Crippen LogP contribution in [0, 0.1) is 5.82 Å². The largest absolute Gasteiger partial charge is 0.478 e. The zero-order valence-corrected chi connectivity index (χ0v) is 9.39. The van der Waals surface area contributed by atoms with Crippen LogP contribution in [0.2, 0.25) is 0 Å². The van der Waals surface area contributed by atoms with Gasteiger partial charge in [-0.05, 0) is 17.7 Å². The summed E-state index contributed by atoms with van der Waals surface area (Å²) in [6, 6.07) is 3.67. The van der Waals surface area contributed by atoms with Crippen molar-refractivity contribution in [3.05, 3.63) is 35.1 Å². The van der Waals surface area contributed by atoms with Crippen LogP contribution in [0.3, 0.4) is 0 Å². The van der Waals surface area contributed by atoms with Crippen molar-refractivity contribution >= 4 is 11.9 Å². The number of aliphatic hydroxyl groups excluding tert-OH is 1. The zero-order valence-electron chi connectivity index (χ0n) is 9.39. The van der Waals surface area contributed by atoms with Crippen LogP contribution in [-0.2, 0) is 11.3 Å². The molecule has 18 heavy (non-hydrogen) atoms. The molecule has 0 bridgehead atoms. The summed E-state index contributed by atoms with van der Waals surface area (Å²) in [5.41, 5.74) is 4.93. The number of aromatic carboxylic acids is 1. The van der Waals surface area contributed by atoms with E-state index in [9.17, 15) is 14.0 Å². The summed E-state index contributed by atoms with van der Waals surface area (Å²) < 4.78 is 13.3. The normalized spacial score (nSPS) is 12.1. The highest BCUT2D eigenvalue weighted by molar-refractivity contribution is 5.87. The minimum absolute atomic E-state index is 0.0579. The number of carbonyl (C=O) groups excluding carboxylic acids is 1. The van der Waals surface area contributed by atoms with Crippen LogP contribution in [-0.4, -0.2) is 34.7 Å². The maximum absolute atomic E-state index is 13.3. The summed E-state index contributed by atoms with van der Waals surface area (Å²) in [5.74, 6) is -3.02. The number of carbonyl (C=O) groups is 2. The number of aliphatic hydroxyl groups is 1. The van der Waals surface area contributed by atoms with Gasteiger partial charge in [0.05, 0.1) is 5.56 Å². The number of hydrogen-bond donors (Lipinski definition) is 4. The van der Waals surface area contributed by atoms with E-state index in [1.807, 2.05) is 0 Å². The van der Waals surface area contributed by atoms with Crippen LogP contribution < -0.4 is 11.1 Å². The van der Waals surface area contributed by atoms with Gasteiger partial charge in [-0.2, -0.15) is 0 Å². The lowest BCUT2D eigenvalue weighted by Crippen LogP contribution is -2.37. The predicted octanol–water partition coefficient (Wildman–Crippen LogP) is -0.540. The summed E-state index contributed by atoms with van der Waals surface area (Å²) in [6.45, 7) is 0.124. The molecular weight excluding hydrogens is 243 g/mol. The molecule has 6 nitrogen and oxygen atoms in total. The van der Waals surface area contributed by atoms with E-state index < -0.39 is 29.4 Å². The van der Waals surface area contributed by atoms with Crippen molar-refractivity contribution < 1.29 is 24.2 Å². The monoisotopic (exact) mass is 256 g/mol. The molecule has 0 heterocycles. The number of hydrogen-bond acceptors (Lipinski definition) is 4. The number of rotatable bonds is 6. The van der Waals surface area contributed by atoms with Gasteiger partial charge in [0, 0.05) is 13.1 Å². The standard InChI is InChI=1S/C11H13FN2O4/c12-8-3-6(1-2-7(8)11(17)18)4-14-5-9(15)10(13)16/h1-3,9,14-15H,4-5H2,(H2,13,16)(H,17,18). The van der Waals surface area contributed by atoms with E-state index in [0.717, 1.165) is 12.1 Å². The van der Waals surface area contributed by atoms with E-state index in [4.69, 9.17) is 15.9 Å². The molecule has 0 spiro atoms. The fourth-order valence-electron chi connectivity index (χ4n) is 1.30. The van der Waals surface area contributed by atoms with Crippen molar-refractivity contribution in [3.8, 4) is 0 Å². The molecule has 1 aromatic carbocycles. The van der Waals surface area contributed by atoms with Crippen molar-refractivity contribution in [2.75, 3.05) is 6.54 Å². The molecule has 1 amide bonds. The van der Waals surface area contributed by atoms with Gasteiger partial charge in [-0.3, -0.25) is 4.79 Å². The SMILES string of the molecule is NC(=O)C(O)CNCc1ccc(C(=O)O)c(F)c1. The second kappa shape index (κ2) is 6.08. The highest BCUT2D eigenvalue weighted by Crippen LogP contribution is 2.10. The first-order valence-electron chi connectivity index (χ1n) is 5.11. The first kappa shape index (κ1) is 14.1. The van der Waals surface area contributed by atoms with Crippen LogP contribution in [0.5, 0.6) is 0 Å². The van der Waals surface area contributed by atoms with Crippen molar-refractivity contribution in [1.82, 2.24) is 5.32 Å². The first-order chi connectivity index (χ1) is 8.41. The van der Waals surface area contributed by atoms with E-state index >= 15 is 0 Å². The Kier molecular flexibility index (Phi) is 4.75. The number of carboxylic acids is 1. The molecule has 5 N–H and O–H groups in total. The minimum atomic E-state index is -1.34. The van der Waals surface area contributed by atoms with Gasteiger partial charge in [-0.1, -0.05) is 6.07 Å². The molecule has 0 radical (unpaired) electrons. The quantitative estimate of drug-likeness (QED) is 0.546. The average molecular weight is 256 g/mol. The second-order valence-corrected chi connectivity index (χ2v) is 3.67. The van der Waals surface area contributed by atoms with Crippen LogP contribution in [0.15, 0.2) is 18.2 Å². The van der Waals surface area contributed by atoms with Gasteiger partial charge in [0.2, 0.25) is 5.91 Å². The van der Waals surface area contributed by atoms with Crippen molar-refractivity contribution in [3.63, 3.8) is 0 Å². The van der Waals surface area contributed by atoms with Gasteiger partial charge in [0.1, 0.15) is 11.9 Å². The van der Waals surface area contributed by atoms with Gasteiger partial charge >= 0.3 is 5.97 Å². The highest BCUT2D eigenvalue weighted by Gasteiger charge is 2.12. The third-order valence-corrected chi connectivity index (χ3v) is 2.26. The number of benzene rings is 1. The number of primary amides is 1.